The van der Waals surface area contributed by atoms with Crippen molar-refractivity contribution in [2.24, 2.45) is 0 Å². The van der Waals surface area contributed by atoms with Crippen LogP contribution in [-0.4, -0.2) is 33.8 Å². The maximum Gasteiger partial charge on any atom is 0.335 e. The predicted octanol–water partition coefficient (Wildman–Crippen LogP) is 3.07. The highest BCUT2D eigenvalue weighted by atomic mass is 16.5. The third-order valence-electron chi connectivity index (χ3n) is 3.33. The Balaban J connectivity index is 2.53. The summed E-state index contributed by atoms with van der Waals surface area (Å²) in [6.07, 6.45) is 0. The van der Waals surface area contributed by atoms with Crippen LogP contribution in [0.3, 0.4) is 0 Å². The third kappa shape index (κ3) is 3.24. The first-order valence-electron chi connectivity index (χ1n) is 7.16. The number of ether oxygens (including phenoxy) is 1. The van der Waals surface area contributed by atoms with E-state index in [0.717, 1.165) is 16.9 Å². The highest BCUT2D eigenvalue weighted by Crippen LogP contribution is 2.27. The number of rotatable bonds is 5. The topological polar surface area (TPSA) is 64.4 Å². The first-order valence-corrected chi connectivity index (χ1v) is 7.16. The number of nitrogens with zero attached hydrogens (tertiary/aromatic N) is 2. The second kappa shape index (κ2) is 5.85. The van der Waals surface area contributed by atoms with Gasteiger partial charge < -0.3 is 14.4 Å². The van der Waals surface area contributed by atoms with Gasteiger partial charge in [-0.05, 0) is 25.1 Å². The largest absolute Gasteiger partial charge is 0.478 e. The van der Waals surface area contributed by atoms with Gasteiger partial charge in [-0.25, -0.2) is 9.78 Å². The van der Waals surface area contributed by atoms with Crippen LogP contribution in [0.25, 0.3) is 11.0 Å². The van der Waals surface area contributed by atoms with Crippen molar-refractivity contribution < 1.29 is 14.6 Å². The monoisotopic (exact) mass is 290 g/mol. The molecule has 1 aromatic carbocycles. The lowest BCUT2D eigenvalue weighted by Crippen LogP contribution is -2.20. The molecule has 114 valence electrons. The van der Waals surface area contributed by atoms with Crippen LogP contribution in [0.1, 0.15) is 43.9 Å². The molecular formula is C16H22N2O3. The predicted molar refractivity (Wildman–Crippen MR) is 81.9 cm³/mol. The van der Waals surface area contributed by atoms with Gasteiger partial charge in [0, 0.05) is 18.6 Å². The molecule has 0 atom stereocenters. The number of carboxylic acids is 1. The lowest BCUT2D eigenvalue weighted by atomic mass is 9.95. The summed E-state index contributed by atoms with van der Waals surface area (Å²) < 4.78 is 7.56. The Labute approximate surface area is 124 Å². The summed E-state index contributed by atoms with van der Waals surface area (Å²) >= 11 is 0. The van der Waals surface area contributed by atoms with Crippen molar-refractivity contribution in [3.05, 3.63) is 29.6 Å². The molecule has 0 bridgehead atoms. The molecule has 2 rings (SSSR count). The van der Waals surface area contributed by atoms with E-state index < -0.39 is 5.97 Å². The van der Waals surface area contributed by atoms with Crippen molar-refractivity contribution in [2.75, 3.05) is 13.2 Å². The normalized spacial score (nSPS) is 12.0. The van der Waals surface area contributed by atoms with E-state index in [-0.39, 0.29) is 11.0 Å². The number of hydrogen-bond acceptors (Lipinski definition) is 3. The van der Waals surface area contributed by atoms with Crippen molar-refractivity contribution in [3.63, 3.8) is 0 Å². The number of imidazole rings is 1. The Morgan fingerprint density at radius 3 is 2.67 bits per heavy atom. The second-order valence-electron chi connectivity index (χ2n) is 6.04. The third-order valence-corrected chi connectivity index (χ3v) is 3.33. The van der Waals surface area contributed by atoms with Gasteiger partial charge in [0.15, 0.2) is 0 Å². The van der Waals surface area contributed by atoms with Gasteiger partial charge in [0.2, 0.25) is 0 Å². The highest BCUT2D eigenvalue weighted by molar-refractivity contribution is 5.92. The molecule has 2 aromatic rings. The molecule has 0 spiro atoms. The molecule has 0 fully saturated rings. The van der Waals surface area contributed by atoms with Gasteiger partial charge in [-0.3, -0.25) is 0 Å². The van der Waals surface area contributed by atoms with Crippen molar-refractivity contribution in [1.82, 2.24) is 9.55 Å². The van der Waals surface area contributed by atoms with Crippen LogP contribution in [0.4, 0.5) is 0 Å². The van der Waals surface area contributed by atoms with Crippen molar-refractivity contribution in [3.8, 4) is 0 Å². The minimum absolute atomic E-state index is 0.116. The maximum absolute atomic E-state index is 11.1. The molecule has 5 nitrogen and oxygen atoms in total. The summed E-state index contributed by atoms with van der Waals surface area (Å²) in [4.78, 5) is 15.7. The molecule has 0 aliphatic rings. The van der Waals surface area contributed by atoms with Gasteiger partial charge in [-0.1, -0.05) is 20.8 Å². The lowest BCUT2D eigenvalue weighted by Gasteiger charge is -2.20. The molecule has 0 aliphatic heterocycles. The zero-order chi connectivity index (χ0) is 15.6. The Hall–Kier alpha value is -1.88. The smallest absolute Gasteiger partial charge is 0.335 e. The van der Waals surface area contributed by atoms with Gasteiger partial charge in [0.05, 0.1) is 23.2 Å². The highest BCUT2D eigenvalue weighted by Gasteiger charge is 2.23. The van der Waals surface area contributed by atoms with E-state index >= 15 is 0 Å². The minimum Gasteiger partial charge on any atom is -0.478 e. The number of benzene rings is 1. The molecule has 0 aliphatic carbocycles. The first kappa shape index (κ1) is 15.5. The van der Waals surface area contributed by atoms with Crippen molar-refractivity contribution >= 4 is 17.0 Å². The molecule has 1 aromatic heterocycles. The molecular weight excluding hydrogens is 268 g/mol. The van der Waals surface area contributed by atoms with Crippen LogP contribution in [0.15, 0.2) is 18.2 Å². The van der Waals surface area contributed by atoms with Crippen LogP contribution in [0, 0.1) is 0 Å². The van der Waals surface area contributed by atoms with Gasteiger partial charge in [-0.2, -0.15) is 0 Å². The number of carboxylic acid groups (broad SMARTS) is 1. The van der Waals surface area contributed by atoms with Crippen LogP contribution in [-0.2, 0) is 16.7 Å². The van der Waals surface area contributed by atoms with E-state index in [9.17, 15) is 4.79 Å². The van der Waals surface area contributed by atoms with E-state index in [1.807, 2.05) is 13.0 Å². The molecule has 0 unspecified atom stereocenters. The molecule has 0 saturated heterocycles. The van der Waals surface area contributed by atoms with Crippen molar-refractivity contribution in [2.45, 2.75) is 39.7 Å². The van der Waals surface area contributed by atoms with E-state index in [0.29, 0.717) is 19.8 Å². The lowest BCUT2D eigenvalue weighted by molar-refractivity contribution is 0.0697. The quantitative estimate of drug-likeness (QED) is 0.860. The average Bonchev–Trinajstić information content (AvgIpc) is 2.77. The standard InChI is InChI=1S/C16H22N2O3/c1-5-21-9-8-18-13-7-6-11(14(19)20)10-12(13)17-15(18)16(2,3)4/h6-7,10H,5,8-9H2,1-4H3,(H,19,20). The van der Waals surface area contributed by atoms with E-state index in [1.54, 1.807) is 12.1 Å². The fraction of sp³-hybridized carbons (Fsp3) is 0.500. The number of aromatic carboxylic acids is 1. The van der Waals surface area contributed by atoms with Crippen LogP contribution in [0.5, 0.6) is 0 Å². The molecule has 5 heteroatoms. The number of fused-ring (bicyclic) bond motifs is 1. The minimum atomic E-state index is -0.932. The summed E-state index contributed by atoms with van der Waals surface area (Å²) in [5, 5.41) is 9.10. The summed E-state index contributed by atoms with van der Waals surface area (Å²) in [5.74, 6) is 0.0119. The van der Waals surface area contributed by atoms with E-state index in [4.69, 9.17) is 9.84 Å². The summed E-state index contributed by atoms with van der Waals surface area (Å²) in [6.45, 7) is 10.3. The summed E-state index contributed by atoms with van der Waals surface area (Å²) in [7, 11) is 0. The Morgan fingerprint density at radius 1 is 1.38 bits per heavy atom. The molecule has 0 saturated carbocycles. The fourth-order valence-corrected chi connectivity index (χ4v) is 2.36. The molecule has 1 heterocycles. The summed E-state index contributed by atoms with van der Waals surface area (Å²) in [5.41, 5.74) is 1.81. The Kier molecular flexibility index (Phi) is 4.32. The van der Waals surface area contributed by atoms with Gasteiger partial charge in [0.1, 0.15) is 5.82 Å². The van der Waals surface area contributed by atoms with Crippen LogP contribution in [0.2, 0.25) is 0 Å². The zero-order valence-electron chi connectivity index (χ0n) is 13.0. The van der Waals surface area contributed by atoms with E-state index in [2.05, 4.69) is 30.3 Å². The molecule has 0 radical (unpaired) electrons. The zero-order valence-corrected chi connectivity index (χ0v) is 13.0. The number of hydrogen-bond donors (Lipinski definition) is 1. The molecule has 0 amide bonds. The number of carbonyl (C=O) groups is 1. The van der Waals surface area contributed by atoms with Crippen molar-refractivity contribution in [1.29, 1.82) is 0 Å². The number of aromatic nitrogens is 2. The average molecular weight is 290 g/mol. The Morgan fingerprint density at radius 2 is 2.10 bits per heavy atom. The van der Waals surface area contributed by atoms with E-state index in [1.165, 1.54) is 0 Å². The van der Waals surface area contributed by atoms with Gasteiger partial charge in [-0.15, -0.1) is 0 Å². The first-order chi connectivity index (χ1) is 9.84. The van der Waals surface area contributed by atoms with Crippen LogP contribution >= 0.6 is 0 Å². The maximum atomic E-state index is 11.1. The molecule has 21 heavy (non-hydrogen) atoms. The van der Waals surface area contributed by atoms with Crippen LogP contribution < -0.4 is 0 Å². The molecule has 1 N–H and O–H groups in total. The second-order valence-corrected chi connectivity index (χ2v) is 6.04. The summed E-state index contributed by atoms with van der Waals surface area (Å²) in [6, 6.07) is 5.08. The van der Waals surface area contributed by atoms with Gasteiger partial charge in [0.25, 0.3) is 0 Å². The van der Waals surface area contributed by atoms with Gasteiger partial charge >= 0.3 is 5.97 Å². The fourth-order valence-electron chi connectivity index (χ4n) is 2.36. The Bertz CT molecular complexity index is 653. The SMILES string of the molecule is CCOCCn1c(C(C)(C)C)nc2cc(C(=O)O)ccc21.